The first-order valence-corrected chi connectivity index (χ1v) is 8.17. The number of hydrogen-bond donors (Lipinski definition) is 1. The fraction of sp³-hybridized carbons (Fsp3) is 0.733. The third kappa shape index (κ3) is 2.95. The summed E-state index contributed by atoms with van der Waals surface area (Å²) in [5.74, 6) is 1.83. The van der Waals surface area contributed by atoms with Crippen LogP contribution in [-0.4, -0.2) is 31.6 Å². The molecule has 2 nitrogen and oxygen atoms in total. The van der Waals surface area contributed by atoms with Crippen molar-refractivity contribution in [1.82, 2.24) is 10.2 Å². The summed E-state index contributed by atoms with van der Waals surface area (Å²) >= 11 is 1.94. The minimum Gasteiger partial charge on any atom is -0.317 e. The Kier molecular flexibility index (Phi) is 4.02. The van der Waals surface area contributed by atoms with Gasteiger partial charge in [0.05, 0.1) is 0 Å². The van der Waals surface area contributed by atoms with Gasteiger partial charge in [0, 0.05) is 17.5 Å². The maximum atomic E-state index is 3.46. The van der Waals surface area contributed by atoms with Gasteiger partial charge in [-0.1, -0.05) is 6.07 Å². The minimum absolute atomic E-state index is 0.694. The fourth-order valence-electron chi connectivity index (χ4n) is 3.27. The summed E-state index contributed by atoms with van der Waals surface area (Å²) in [6.45, 7) is 3.71. The number of nitrogens with zero attached hydrogens (tertiary/aromatic N) is 1. The average Bonchev–Trinajstić information content (AvgIpc) is 3.05. The van der Waals surface area contributed by atoms with Crippen LogP contribution in [0.15, 0.2) is 17.5 Å². The van der Waals surface area contributed by atoms with E-state index in [2.05, 4.69) is 34.8 Å². The molecule has 1 atom stereocenters. The van der Waals surface area contributed by atoms with Crippen molar-refractivity contribution in [2.45, 2.75) is 31.7 Å². The average molecular weight is 264 g/mol. The largest absolute Gasteiger partial charge is 0.317 e. The van der Waals surface area contributed by atoms with Crippen LogP contribution >= 0.6 is 11.3 Å². The quantitative estimate of drug-likeness (QED) is 0.879. The lowest BCUT2D eigenvalue weighted by Gasteiger charge is -2.32. The van der Waals surface area contributed by atoms with E-state index in [-0.39, 0.29) is 0 Å². The third-order valence-electron chi connectivity index (χ3n) is 4.38. The third-order valence-corrected chi connectivity index (χ3v) is 5.33. The summed E-state index contributed by atoms with van der Waals surface area (Å²) in [6.07, 6.45) is 5.57. The SMILES string of the molecule is CN(CC1CCNCC1)C(c1cccs1)C1CC1. The Morgan fingerprint density at radius 3 is 2.72 bits per heavy atom. The summed E-state index contributed by atoms with van der Waals surface area (Å²) in [5, 5.41) is 5.69. The summed E-state index contributed by atoms with van der Waals surface area (Å²) in [5.41, 5.74) is 0. The van der Waals surface area contributed by atoms with Crippen LogP contribution < -0.4 is 5.32 Å². The maximum Gasteiger partial charge on any atom is 0.0466 e. The number of nitrogens with one attached hydrogen (secondary N) is 1. The summed E-state index contributed by atoms with van der Waals surface area (Å²) in [4.78, 5) is 4.22. The first-order chi connectivity index (χ1) is 8.84. The molecule has 1 aliphatic heterocycles. The lowest BCUT2D eigenvalue weighted by Crippen LogP contribution is -2.36. The molecule has 1 saturated heterocycles. The van der Waals surface area contributed by atoms with Gasteiger partial charge in [-0.15, -0.1) is 11.3 Å². The van der Waals surface area contributed by atoms with E-state index in [9.17, 15) is 0 Å². The number of rotatable bonds is 5. The van der Waals surface area contributed by atoms with Crippen molar-refractivity contribution < 1.29 is 0 Å². The van der Waals surface area contributed by atoms with E-state index in [1.54, 1.807) is 4.88 Å². The molecule has 1 N–H and O–H groups in total. The Balaban J connectivity index is 1.63. The molecule has 1 saturated carbocycles. The molecule has 1 unspecified atom stereocenters. The van der Waals surface area contributed by atoms with Crippen molar-refractivity contribution >= 4 is 11.3 Å². The number of thiophene rings is 1. The topological polar surface area (TPSA) is 15.3 Å². The van der Waals surface area contributed by atoms with E-state index < -0.39 is 0 Å². The molecule has 0 bridgehead atoms. The first-order valence-electron chi connectivity index (χ1n) is 7.29. The van der Waals surface area contributed by atoms with E-state index in [1.807, 2.05) is 11.3 Å². The van der Waals surface area contributed by atoms with Crippen LogP contribution in [0.4, 0.5) is 0 Å². The summed E-state index contributed by atoms with van der Waals surface area (Å²) < 4.78 is 0. The van der Waals surface area contributed by atoms with Crippen LogP contribution in [0.2, 0.25) is 0 Å². The van der Waals surface area contributed by atoms with Crippen molar-refractivity contribution in [3.8, 4) is 0 Å². The number of hydrogen-bond acceptors (Lipinski definition) is 3. The summed E-state index contributed by atoms with van der Waals surface area (Å²) in [6, 6.07) is 5.22. The first kappa shape index (κ1) is 12.6. The second-order valence-electron chi connectivity index (χ2n) is 5.93. The Bertz CT molecular complexity index is 353. The molecule has 2 heterocycles. The molecule has 3 rings (SSSR count). The van der Waals surface area contributed by atoms with E-state index in [0.29, 0.717) is 6.04 Å². The second-order valence-corrected chi connectivity index (χ2v) is 6.91. The molecule has 100 valence electrons. The standard InChI is InChI=1S/C15H24N2S/c1-17(11-12-6-8-16-9-7-12)15(13-4-5-13)14-3-2-10-18-14/h2-3,10,12-13,15-16H,4-9,11H2,1H3. The molecular weight excluding hydrogens is 240 g/mol. The van der Waals surface area contributed by atoms with Gasteiger partial charge in [0.2, 0.25) is 0 Å². The fourth-order valence-corrected chi connectivity index (χ4v) is 4.25. The van der Waals surface area contributed by atoms with Gasteiger partial charge in [-0.2, -0.15) is 0 Å². The zero-order valence-electron chi connectivity index (χ0n) is 11.3. The monoisotopic (exact) mass is 264 g/mol. The zero-order chi connectivity index (χ0) is 12.4. The van der Waals surface area contributed by atoms with Crippen molar-refractivity contribution in [2.75, 3.05) is 26.7 Å². The Morgan fingerprint density at radius 1 is 1.33 bits per heavy atom. The highest BCUT2D eigenvalue weighted by Crippen LogP contribution is 2.45. The van der Waals surface area contributed by atoms with E-state index in [0.717, 1.165) is 11.8 Å². The highest BCUT2D eigenvalue weighted by Gasteiger charge is 2.36. The molecule has 1 aromatic heterocycles. The molecule has 0 aromatic carbocycles. The van der Waals surface area contributed by atoms with E-state index in [4.69, 9.17) is 0 Å². The smallest absolute Gasteiger partial charge is 0.0466 e. The lowest BCUT2D eigenvalue weighted by atomic mass is 9.96. The van der Waals surface area contributed by atoms with Gasteiger partial charge in [-0.25, -0.2) is 0 Å². The van der Waals surface area contributed by atoms with Gasteiger partial charge < -0.3 is 5.32 Å². The Morgan fingerprint density at radius 2 is 2.11 bits per heavy atom. The van der Waals surface area contributed by atoms with E-state index in [1.165, 1.54) is 45.3 Å². The van der Waals surface area contributed by atoms with Gasteiger partial charge in [0.1, 0.15) is 0 Å². The highest BCUT2D eigenvalue weighted by atomic mass is 32.1. The van der Waals surface area contributed by atoms with E-state index >= 15 is 0 Å². The van der Waals surface area contributed by atoms with Crippen LogP contribution in [0.3, 0.4) is 0 Å². The normalized spacial score (nSPS) is 23.4. The molecule has 1 aromatic rings. The molecule has 18 heavy (non-hydrogen) atoms. The summed E-state index contributed by atoms with van der Waals surface area (Å²) in [7, 11) is 2.34. The zero-order valence-corrected chi connectivity index (χ0v) is 12.1. The number of piperidine rings is 1. The van der Waals surface area contributed by atoms with Crippen molar-refractivity contribution in [1.29, 1.82) is 0 Å². The Hall–Kier alpha value is -0.380. The lowest BCUT2D eigenvalue weighted by molar-refractivity contribution is 0.173. The van der Waals surface area contributed by atoms with Crippen LogP contribution in [0.5, 0.6) is 0 Å². The van der Waals surface area contributed by atoms with Gasteiger partial charge in [-0.05, 0) is 69.1 Å². The van der Waals surface area contributed by atoms with Crippen LogP contribution in [0.1, 0.15) is 36.6 Å². The van der Waals surface area contributed by atoms with Crippen LogP contribution in [0.25, 0.3) is 0 Å². The molecule has 1 aliphatic carbocycles. The van der Waals surface area contributed by atoms with Crippen LogP contribution in [0, 0.1) is 11.8 Å². The molecule has 2 fully saturated rings. The van der Waals surface area contributed by atoms with Crippen LogP contribution in [-0.2, 0) is 0 Å². The predicted molar refractivity (Wildman–Crippen MR) is 78.0 cm³/mol. The maximum absolute atomic E-state index is 3.46. The molecular formula is C15H24N2S. The van der Waals surface area contributed by atoms with Crippen molar-refractivity contribution in [3.63, 3.8) is 0 Å². The van der Waals surface area contributed by atoms with Gasteiger partial charge >= 0.3 is 0 Å². The van der Waals surface area contributed by atoms with Gasteiger partial charge in [-0.3, -0.25) is 4.90 Å². The van der Waals surface area contributed by atoms with Gasteiger partial charge in [0.15, 0.2) is 0 Å². The Labute approximate surface area is 114 Å². The second kappa shape index (κ2) is 5.72. The predicted octanol–water partition coefficient (Wildman–Crippen LogP) is 3.13. The van der Waals surface area contributed by atoms with Gasteiger partial charge in [0.25, 0.3) is 0 Å². The molecule has 0 amide bonds. The van der Waals surface area contributed by atoms with Crippen molar-refractivity contribution in [3.05, 3.63) is 22.4 Å². The van der Waals surface area contributed by atoms with Crippen molar-refractivity contribution in [2.24, 2.45) is 11.8 Å². The molecule has 3 heteroatoms. The molecule has 2 aliphatic rings. The minimum atomic E-state index is 0.694. The molecule has 0 spiro atoms. The molecule has 0 radical (unpaired) electrons. The highest BCUT2D eigenvalue weighted by molar-refractivity contribution is 7.10.